The second-order valence-electron chi connectivity index (χ2n) is 6.35. The molecule has 1 aromatic carbocycles. The monoisotopic (exact) mass is 375 g/mol. The van der Waals surface area contributed by atoms with Crippen LogP contribution in [-0.4, -0.2) is 17.6 Å². The summed E-state index contributed by atoms with van der Waals surface area (Å²) in [5, 5.41) is 7.49. The molecule has 2 N–H and O–H groups in total. The molecule has 0 aliphatic carbocycles. The molecule has 0 spiro atoms. The Morgan fingerprint density at radius 1 is 1.35 bits per heavy atom. The van der Waals surface area contributed by atoms with Crippen molar-refractivity contribution in [2.75, 3.05) is 6.54 Å². The Hall–Kier alpha value is -2.41. The number of fused-ring (bicyclic) bond motifs is 1. The van der Waals surface area contributed by atoms with Gasteiger partial charge in [-0.15, -0.1) is 11.3 Å². The van der Waals surface area contributed by atoms with Gasteiger partial charge in [0.25, 0.3) is 0 Å². The van der Waals surface area contributed by atoms with Crippen LogP contribution in [0.15, 0.2) is 22.6 Å². The summed E-state index contributed by atoms with van der Waals surface area (Å²) in [6, 6.07) is 3.83. The number of furan rings is 1. The number of benzene rings is 1. The first-order valence-electron chi connectivity index (χ1n) is 8.51. The highest BCUT2D eigenvalue weighted by Crippen LogP contribution is 2.29. The van der Waals surface area contributed by atoms with Crippen molar-refractivity contribution in [3.05, 3.63) is 50.9 Å². The smallest absolute Gasteiger partial charge is 0.315 e. The van der Waals surface area contributed by atoms with Crippen LogP contribution in [0.4, 0.5) is 9.18 Å². The van der Waals surface area contributed by atoms with Gasteiger partial charge in [-0.3, -0.25) is 0 Å². The molecule has 2 amide bonds. The second-order valence-corrected chi connectivity index (χ2v) is 7.63. The highest BCUT2D eigenvalue weighted by Gasteiger charge is 2.18. The second kappa shape index (κ2) is 7.45. The first-order valence-corrected chi connectivity index (χ1v) is 9.32. The number of halogens is 1. The number of carbonyl (C=O) groups excluding carboxylic acids is 1. The number of aromatic nitrogens is 1. The maximum Gasteiger partial charge on any atom is 0.315 e. The van der Waals surface area contributed by atoms with Crippen molar-refractivity contribution in [2.24, 2.45) is 0 Å². The zero-order valence-corrected chi connectivity index (χ0v) is 16.1. The summed E-state index contributed by atoms with van der Waals surface area (Å²) >= 11 is 1.65. The van der Waals surface area contributed by atoms with Crippen LogP contribution in [0.3, 0.4) is 0 Å². The van der Waals surface area contributed by atoms with Crippen LogP contribution in [-0.2, 0) is 6.42 Å². The molecule has 2 aromatic heterocycles. The molecular weight excluding hydrogens is 353 g/mol. The van der Waals surface area contributed by atoms with E-state index < -0.39 is 0 Å². The maximum absolute atomic E-state index is 13.4. The van der Waals surface area contributed by atoms with E-state index in [0.717, 1.165) is 28.1 Å². The van der Waals surface area contributed by atoms with Gasteiger partial charge >= 0.3 is 6.03 Å². The van der Waals surface area contributed by atoms with Gasteiger partial charge in [-0.2, -0.15) is 0 Å². The van der Waals surface area contributed by atoms with Gasteiger partial charge in [0.05, 0.1) is 16.7 Å². The molecule has 0 fully saturated rings. The zero-order chi connectivity index (χ0) is 18.8. The SMILES string of the molecule is Cc1nc(C)c(CCNC(=O)NC(C)c2oc3ccc(F)cc3c2C)s1. The summed E-state index contributed by atoms with van der Waals surface area (Å²) in [5.74, 6) is 0.328. The molecule has 0 saturated carbocycles. The fraction of sp³-hybridized carbons (Fsp3) is 0.368. The van der Waals surface area contributed by atoms with Crippen molar-refractivity contribution in [2.45, 2.75) is 40.2 Å². The standard InChI is InChI=1S/C19H22FN3O2S/c1-10-15-9-14(20)5-6-16(15)25-18(10)12(3)23-19(24)21-8-7-17-11(2)22-13(4)26-17/h5-6,9,12H,7-8H2,1-4H3,(H2,21,23,24). The van der Waals surface area contributed by atoms with Crippen molar-refractivity contribution in [1.29, 1.82) is 0 Å². The van der Waals surface area contributed by atoms with Crippen LogP contribution >= 0.6 is 11.3 Å². The molecule has 3 rings (SSSR count). The number of urea groups is 1. The number of thiazole rings is 1. The van der Waals surface area contributed by atoms with E-state index in [9.17, 15) is 9.18 Å². The van der Waals surface area contributed by atoms with Gasteiger partial charge in [0.1, 0.15) is 17.2 Å². The molecule has 0 radical (unpaired) electrons. The molecule has 2 heterocycles. The fourth-order valence-corrected chi connectivity index (χ4v) is 3.97. The van der Waals surface area contributed by atoms with Gasteiger partial charge in [0.2, 0.25) is 0 Å². The molecule has 1 unspecified atom stereocenters. The Morgan fingerprint density at radius 3 is 2.81 bits per heavy atom. The molecule has 0 saturated heterocycles. The summed E-state index contributed by atoms with van der Waals surface area (Å²) in [5.41, 5.74) is 2.47. The third kappa shape index (κ3) is 3.88. The minimum atomic E-state index is -0.321. The Labute approximate surface area is 155 Å². The Balaban J connectivity index is 1.59. The van der Waals surface area contributed by atoms with Gasteiger partial charge in [-0.05, 0) is 45.9 Å². The highest BCUT2D eigenvalue weighted by atomic mass is 32.1. The number of carbonyl (C=O) groups is 1. The van der Waals surface area contributed by atoms with Crippen molar-refractivity contribution in [3.63, 3.8) is 0 Å². The summed E-state index contributed by atoms with van der Waals surface area (Å²) < 4.78 is 19.2. The molecular formula is C19H22FN3O2S. The minimum absolute atomic E-state index is 0.262. The number of hydrogen-bond acceptors (Lipinski definition) is 4. The lowest BCUT2D eigenvalue weighted by atomic mass is 10.1. The van der Waals surface area contributed by atoms with E-state index in [2.05, 4.69) is 15.6 Å². The van der Waals surface area contributed by atoms with E-state index in [-0.39, 0.29) is 17.9 Å². The third-order valence-corrected chi connectivity index (χ3v) is 5.45. The van der Waals surface area contributed by atoms with Crippen molar-refractivity contribution in [1.82, 2.24) is 15.6 Å². The number of rotatable bonds is 5. The third-order valence-electron chi connectivity index (χ3n) is 4.31. The quantitative estimate of drug-likeness (QED) is 0.687. The van der Waals surface area contributed by atoms with Gasteiger partial charge in [-0.25, -0.2) is 14.2 Å². The van der Waals surface area contributed by atoms with Crippen LogP contribution in [0.25, 0.3) is 11.0 Å². The van der Waals surface area contributed by atoms with Crippen LogP contribution in [0.2, 0.25) is 0 Å². The van der Waals surface area contributed by atoms with E-state index in [1.807, 2.05) is 27.7 Å². The molecule has 0 aliphatic heterocycles. The molecule has 26 heavy (non-hydrogen) atoms. The molecule has 0 bridgehead atoms. The van der Waals surface area contributed by atoms with Gasteiger partial charge in [0, 0.05) is 28.8 Å². The fourth-order valence-electron chi connectivity index (χ4n) is 3.03. The first-order chi connectivity index (χ1) is 12.3. The van der Waals surface area contributed by atoms with E-state index in [0.29, 0.717) is 17.9 Å². The molecule has 7 heteroatoms. The lowest BCUT2D eigenvalue weighted by Crippen LogP contribution is -2.38. The van der Waals surface area contributed by atoms with E-state index in [4.69, 9.17) is 4.42 Å². The summed E-state index contributed by atoms with van der Waals surface area (Å²) in [7, 11) is 0. The first kappa shape index (κ1) is 18.4. The van der Waals surface area contributed by atoms with E-state index in [1.165, 1.54) is 17.0 Å². The zero-order valence-electron chi connectivity index (χ0n) is 15.3. The lowest BCUT2D eigenvalue weighted by molar-refractivity contribution is 0.236. The summed E-state index contributed by atoms with van der Waals surface area (Å²) in [4.78, 5) is 17.7. The minimum Gasteiger partial charge on any atom is -0.459 e. The molecule has 0 aliphatic rings. The van der Waals surface area contributed by atoms with Crippen molar-refractivity contribution in [3.8, 4) is 0 Å². The molecule has 3 aromatic rings. The maximum atomic E-state index is 13.4. The number of amides is 2. The average molecular weight is 375 g/mol. The Morgan fingerprint density at radius 2 is 2.12 bits per heavy atom. The predicted molar refractivity (Wildman–Crippen MR) is 101 cm³/mol. The topological polar surface area (TPSA) is 67.2 Å². The average Bonchev–Trinajstić information content (AvgIpc) is 3.07. The number of hydrogen-bond donors (Lipinski definition) is 2. The van der Waals surface area contributed by atoms with Crippen LogP contribution in [0.5, 0.6) is 0 Å². The summed E-state index contributed by atoms with van der Waals surface area (Å²) in [6.07, 6.45) is 0.752. The van der Waals surface area contributed by atoms with Gasteiger partial charge in [-0.1, -0.05) is 0 Å². The van der Waals surface area contributed by atoms with E-state index >= 15 is 0 Å². The van der Waals surface area contributed by atoms with Crippen molar-refractivity contribution >= 4 is 28.3 Å². The molecule has 5 nitrogen and oxygen atoms in total. The Bertz CT molecular complexity index is 948. The molecule has 138 valence electrons. The molecule has 1 atom stereocenters. The van der Waals surface area contributed by atoms with E-state index in [1.54, 1.807) is 17.4 Å². The lowest BCUT2D eigenvalue weighted by Gasteiger charge is -2.13. The van der Waals surface area contributed by atoms with Gasteiger partial charge < -0.3 is 15.1 Å². The predicted octanol–water partition coefficient (Wildman–Crippen LogP) is 4.56. The summed E-state index contributed by atoms with van der Waals surface area (Å²) in [6.45, 7) is 8.20. The van der Waals surface area contributed by atoms with Crippen LogP contribution in [0, 0.1) is 26.6 Å². The van der Waals surface area contributed by atoms with Crippen LogP contribution in [0.1, 0.15) is 39.9 Å². The Kier molecular flexibility index (Phi) is 5.27. The number of aryl methyl sites for hydroxylation is 3. The van der Waals surface area contributed by atoms with Crippen molar-refractivity contribution < 1.29 is 13.6 Å². The largest absolute Gasteiger partial charge is 0.459 e. The highest BCUT2D eigenvalue weighted by molar-refractivity contribution is 7.11. The number of nitrogens with one attached hydrogen (secondary N) is 2. The number of nitrogens with zero attached hydrogens (tertiary/aromatic N) is 1. The van der Waals surface area contributed by atoms with Gasteiger partial charge in [0.15, 0.2) is 0 Å². The normalized spacial score (nSPS) is 12.3. The van der Waals surface area contributed by atoms with Crippen LogP contribution < -0.4 is 10.6 Å².